The molecule has 0 spiro atoms. The Morgan fingerprint density at radius 2 is 1.84 bits per heavy atom. The van der Waals surface area contributed by atoms with Gasteiger partial charge in [0.15, 0.2) is 0 Å². The van der Waals surface area contributed by atoms with Crippen LogP contribution in [0.4, 0.5) is 5.69 Å². The summed E-state index contributed by atoms with van der Waals surface area (Å²) in [6, 6.07) is 18.5. The molecule has 0 unspecified atom stereocenters. The number of anilines is 1. The third-order valence-corrected chi connectivity index (χ3v) is 8.00. The third-order valence-electron chi connectivity index (χ3n) is 5.27. The van der Waals surface area contributed by atoms with E-state index in [0.29, 0.717) is 37.3 Å². The number of benzene rings is 2. The minimum atomic E-state index is -3.25. The van der Waals surface area contributed by atoms with Gasteiger partial charge in [-0.2, -0.15) is 0 Å². The number of nitrogens with zero attached hydrogens (tertiary/aromatic N) is 2. The predicted molar refractivity (Wildman–Crippen MR) is 123 cm³/mol. The fourth-order valence-electron chi connectivity index (χ4n) is 3.71. The molecule has 3 aromatic rings. The molecule has 1 fully saturated rings. The highest BCUT2D eigenvalue weighted by Gasteiger charge is 2.28. The Hall–Kier alpha value is -2.84. The predicted octanol–water partition coefficient (Wildman–Crippen LogP) is 4.14. The number of thiophene rings is 1. The van der Waals surface area contributed by atoms with Gasteiger partial charge in [-0.1, -0.05) is 24.3 Å². The molecule has 0 N–H and O–H groups in total. The quantitative estimate of drug-likeness (QED) is 0.536. The smallest absolute Gasteiger partial charge is 0.254 e. The number of carbonyl (C=O) groups is 1. The monoisotopic (exact) mass is 456 g/mol. The van der Waals surface area contributed by atoms with Crippen LogP contribution in [0.1, 0.15) is 27.2 Å². The first kappa shape index (κ1) is 21.4. The molecule has 0 atom stereocenters. The maximum atomic E-state index is 13.4. The molecule has 4 rings (SSSR count). The van der Waals surface area contributed by atoms with Gasteiger partial charge in [-0.3, -0.25) is 9.10 Å². The van der Waals surface area contributed by atoms with Gasteiger partial charge in [-0.05, 0) is 48.2 Å². The van der Waals surface area contributed by atoms with E-state index in [9.17, 15) is 13.2 Å². The highest BCUT2D eigenvalue weighted by atomic mass is 32.2. The number of carbonyl (C=O) groups excluding carboxylic acids is 1. The van der Waals surface area contributed by atoms with Crippen molar-refractivity contribution in [2.24, 2.45) is 0 Å². The van der Waals surface area contributed by atoms with Gasteiger partial charge >= 0.3 is 0 Å². The Bertz CT molecular complexity index is 1140. The van der Waals surface area contributed by atoms with Crippen LogP contribution < -0.4 is 9.04 Å². The zero-order valence-corrected chi connectivity index (χ0v) is 18.9. The summed E-state index contributed by atoms with van der Waals surface area (Å²) in [5.41, 5.74) is 2.05. The number of hydrogen-bond donors (Lipinski definition) is 0. The molecule has 162 valence electrons. The van der Waals surface area contributed by atoms with Gasteiger partial charge in [0, 0.05) is 22.5 Å². The van der Waals surface area contributed by atoms with Crippen LogP contribution in [0.5, 0.6) is 5.75 Å². The molecule has 1 saturated heterocycles. The average Bonchev–Trinajstić information content (AvgIpc) is 3.42. The second-order valence-corrected chi connectivity index (χ2v) is 10.4. The summed E-state index contributed by atoms with van der Waals surface area (Å²) in [6.07, 6.45) is 0.622. The Morgan fingerprint density at radius 3 is 2.48 bits per heavy atom. The van der Waals surface area contributed by atoms with Crippen LogP contribution in [0.15, 0.2) is 66.0 Å². The van der Waals surface area contributed by atoms with E-state index in [4.69, 9.17) is 4.74 Å². The molecule has 1 aliphatic heterocycles. The summed E-state index contributed by atoms with van der Waals surface area (Å²) in [5.74, 6) is 0.789. The SMILES string of the molecule is COc1ccccc1CN(Cc1cccs1)C(=O)c1ccc(N2CCCS2(=O)=O)cc1. The number of methoxy groups -OCH3 is 1. The van der Waals surface area contributed by atoms with Gasteiger partial charge in [0.2, 0.25) is 10.0 Å². The molecule has 0 bridgehead atoms. The maximum absolute atomic E-state index is 13.4. The van der Waals surface area contributed by atoms with Crippen molar-refractivity contribution in [3.05, 3.63) is 82.0 Å². The van der Waals surface area contributed by atoms with E-state index in [0.717, 1.165) is 16.2 Å². The van der Waals surface area contributed by atoms with Gasteiger partial charge in [-0.25, -0.2) is 8.42 Å². The van der Waals surface area contributed by atoms with Crippen molar-refractivity contribution < 1.29 is 17.9 Å². The van der Waals surface area contributed by atoms with Crippen LogP contribution in [-0.4, -0.2) is 38.6 Å². The lowest BCUT2D eigenvalue weighted by atomic mass is 10.1. The second kappa shape index (κ2) is 9.11. The van der Waals surface area contributed by atoms with Crippen molar-refractivity contribution in [3.8, 4) is 5.75 Å². The molecule has 0 saturated carbocycles. The molecule has 6 nitrogen and oxygen atoms in total. The molecule has 1 aromatic heterocycles. The van der Waals surface area contributed by atoms with Crippen LogP contribution in [0.2, 0.25) is 0 Å². The van der Waals surface area contributed by atoms with E-state index in [2.05, 4.69) is 0 Å². The molecule has 1 aliphatic rings. The van der Waals surface area contributed by atoms with Gasteiger partial charge < -0.3 is 9.64 Å². The number of sulfonamides is 1. The lowest BCUT2D eigenvalue weighted by molar-refractivity contribution is 0.0730. The van der Waals surface area contributed by atoms with Crippen LogP contribution in [0, 0.1) is 0 Å². The van der Waals surface area contributed by atoms with Crippen molar-refractivity contribution in [3.63, 3.8) is 0 Å². The standard InChI is InChI=1S/C23H24N2O4S2/c1-29-22-8-3-2-6-19(22)16-24(17-21-7-4-14-30-21)23(26)18-9-11-20(12-10-18)25-13-5-15-31(25,27)28/h2-4,6-12,14H,5,13,15-17H2,1H3. The number of amides is 1. The summed E-state index contributed by atoms with van der Waals surface area (Å²) in [7, 11) is -1.63. The van der Waals surface area contributed by atoms with E-state index >= 15 is 0 Å². The van der Waals surface area contributed by atoms with Crippen molar-refractivity contribution in [1.82, 2.24) is 4.90 Å². The zero-order chi connectivity index (χ0) is 21.8. The fourth-order valence-corrected chi connectivity index (χ4v) is 6.00. The van der Waals surface area contributed by atoms with E-state index < -0.39 is 10.0 Å². The molecular weight excluding hydrogens is 432 g/mol. The first-order valence-corrected chi connectivity index (χ1v) is 12.5. The number of para-hydroxylation sites is 1. The van der Waals surface area contributed by atoms with E-state index in [1.54, 1.807) is 47.6 Å². The molecule has 2 heterocycles. The van der Waals surface area contributed by atoms with E-state index in [1.165, 1.54) is 4.31 Å². The Kier molecular flexibility index (Phi) is 6.29. The van der Waals surface area contributed by atoms with Crippen LogP contribution in [-0.2, 0) is 23.1 Å². The highest BCUT2D eigenvalue weighted by Crippen LogP contribution is 2.26. The lowest BCUT2D eigenvalue weighted by Gasteiger charge is -2.24. The number of ether oxygens (including phenoxy) is 1. The molecule has 8 heteroatoms. The van der Waals surface area contributed by atoms with Gasteiger partial charge in [-0.15, -0.1) is 11.3 Å². The molecule has 31 heavy (non-hydrogen) atoms. The summed E-state index contributed by atoms with van der Waals surface area (Å²) in [4.78, 5) is 16.3. The Balaban J connectivity index is 1.59. The van der Waals surface area contributed by atoms with Crippen molar-refractivity contribution in [2.45, 2.75) is 19.5 Å². The lowest BCUT2D eigenvalue weighted by Crippen LogP contribution is -2.30. The van der Waals surface area contributed by atoms with Crippen LogP contribution >= 0.6 is 11.3 Å². The maximum Gasteiger partial charge on any atom is 0.254 e. The molecule has 0 aliphatic carbocycles. The third kappa shape index (κ3) is 4.75. The van der Waals surface area contributed by atoms with Crippen molar-refractivity contribution in [1.29, 1.82) is 0 Å². The summed E-state index contributed by atoms with van der Waals surface area (Å²) < 4.78 is 31.2. The van der Waals surface area contributed by atoms with E-state index in [-0.39, 0.29) is 11.7 Å². The first-order valence-electron chi connectivity index (χ1n) is 10.0. The zero-order valence-electron chi connectivity index (χ0n) is 17.2. The summed E-state index contributed by atoms with van der Waals surface area (Å²) in [5, 5.41) is 1.99. The largest absolute Gasteiger partial charge is 0.496 e. The summed E-state index contributed by atoms with van der Waals surface area (Å²) in [6.45, 7) is 1.37. The minimum Gasteiger partial charge on any atom is -0.496 e. The van der Waals surface area contributed by atoms with Crippen molar-refractivity contribution >= 4 is 33.0 Å². The fraction of sp³-hybridized carbons (Fsp3) is 0.261. The van der Waals surface area contributed by atoms with Gasteiger partial charge in [0.1, 0.15) is 5.75 Å². The van der Waals surface area contributed by atoms with E-state index in [1.807, 2.05) is 41.8 Å². The minimum absolute atomic E-state index is 0.116. The van der Waals surface area contributed by atoms with Gasteiger partial charge in [0.25, 0.3) is 5.91 Å². The van der Waals surface area contributed by atoms with Crippen LogP contribution in [0.25, 0.3) is 0 Å². The average molecular weight is 457 g/mol. The molecule has 2 aromatic carbocycles. The topological polar surface area (TPSA) is 66.9 Å². The Labute approximate surface area is 186 Å². The number of rotatable bonds is 7. The van der Waals surface area contributed by atoms with Gasteiger partial charge in [0.05, 0.1) is 31.6 Å². The Morgan fingerprint density at radius 1 is 1.06 bits per heavy atom. The normalized spacial score (nSPS) is 15.1. The second-order valence-electron chi connectivity index (χ2n) is 7.34. The highest BCUT2D eigenvalue weighted by molar-refractivity contribution is 7.93. The first-order chi connectivity index (χ1) is 15.0. The summed E-state index contributed by atoms with van der Waals surface area (Å²) >= 11 is 1.60. The molecular formula is C23H24N2O4S2. The number of hydrogen-bond acceptors (Lipinski definition) is 5. The molecule has 0 radical (unpaired) electrons. The molecule has 1 amide bonds. The van der Waals surface area contributed by atoms with Crippen LogP contribution in [0.3, 0.4) is 0 Å². The van der Waals surface area contributed by atoms with Crippen molar-refractivity contribution in [2.75, 3.05) is 23.7 Å².